The lowest BCUT2D eigenvalue weighted by atomic mass is 10.1. The Morgan fingerprint density at radius 2 is 1.92 bits per heavy atom. The molecule has 24 heavy (non-hydrogen) atoms. The summed E-state index contributed by atoms with van der Waals surface area (Å²) >= 11 is 0. The highest BCUT2D eigenvalue weighted by molar-refractivity contribution is 5.89. The summed E-state index contributed by atoms with van der Waals surface area (Å²) < 4.78 is 4.98. The van der Waals surface area contributed by atoms with Gasteiger partial charge in [-0.3, -0.25) is 0 Å². The van der Waals surface area contributed by atoms with Crippen LogP contribution in [0.3, 0.4) is 0 Å². The number of hydrogen-bond donors (Lipinski definition) is 1. The van der Waals surface area contributed by atoms with E-state index in [9.17, 15) is 4.79 Å². The van der Waals surface area contributed by atoms with Gasteiger partial charge >= 0.3 is 5.97 Å². The van der Waals surface area contributed by atoms with Crippen molar-refractivity contribution in [1.82, 2.24) is 9.97 Å². The Bertz CT molecular complexity index is 682. The van der Waals surface area contributed by atoms with Crippen LogP contribution in [0.25, 0.3) is 0 Å². The van der Waals surface area contributed by atoms with Gasteiger partial charge in [0.1, 0.15) is 18.0 Å². The maximum atomic E-state index is 11.7. The standard InChI is InChI=1S/C18H22N4O2/c1-2-24-18(23)14-6-8-15(9-7-14)21-16-12-17(20-13-19-16)22-10-4-3-5-11-22/h6-9,12-13H,2-5,10-11H2,1H3,(H,19,20,21). The van der Waals surface area contributed by atoms with Crippen molar-refractivity contribution in [2.24, 2.45) is 0 Å². The molecule has 0 aliphatic carbocycles. The second-order valence-electron chi connectivity index (χ2n) is 5.73. The molecular weight excluding hydrogens is 304 g/mol. The SMILES string of the molecule is CCOC(=O)c1ccc(Nc2cc(N3CCCCC3)ncn2)cc1. The van der Waals surface area contributed by atoms with Gasteiger partial charge in [0.25, 0.3) is 0 Å². The Labute approximate surface area is 141 Å². The zero-order valence-electron chi connectivity index (χ0n) is 13.9. The van der Waals surface area contributed by atoms with Crippen LogP contribution in [0.15, 0.2) is 36.7 Å². The first-order chi connectivity index (χ1) is 11.8. The van der Waals surface area contributed by atoms with Gasteiger partial charge in [-0.05, 0) is 50.5 Å². The Morgan fingerprint density at radius 3 is 2.62 bits per heavy atom. The van der Waals surface area contributed by atoms with Gasteiger partial charge in [-0.15, -0.1) is 0 Å². The molecule has 0 atom stereocenters. The number of piperidine rings is 1. The highest BCUT2D eigenvalue weighted by Crippen LogP contribution is 2.21. The number of hydrogen-bond acceptors (Lipinski definition) is 6. The average Bonchev–Trinajstić information content (AvgIpc) is 2.63. The third-order valence-corrected chi connectivity index (χ3v) is 4.00. The monoisotopic (exact) mass is 326 g/mol. The molecule has 1 saturated heterocycles. The predicted molar refractivity (Wildman–Crippen MR) is 93.8 cm³/mol. The molecule has 1 aromatic carbocycles. The van der Waals surface area contributed by atoms with E-state index in [0.717, 1.165) is 30.4 Å². The first-order valence-electron chi connectivity index (χ1n) is 8.37. The number of rotatable bonds is 5. The van der Waals surface area contributed by atoms with E-state index in [1.807, 2.05) is 18.2 Å². The van der Waals surface area contributed by atoms with Crippen LogP contribution in [0.1, 0.15) is 36.5 Å². The maximum absolute atomic E-state index is 11.7. The topological polar surface area (TPSA) is 67.3 Å². The van der Waals surface area contributed by atoms with E-state index < -0.39 is 0 Å². The fourth-order valence-corrected chi connectivity index (χ4v) is 2.76. The molecular formula is C18H22N4O2. The van der Waals surface area contributed by atoms with Crippen LogP contribution in [0.4, 0.5) is 17.3 Å². The molecule has 6 heteroatoms. The van der Waals surface area contributed by atoms with Crippen molar-refractivity contribution in [3.8, 4) is 0 Å². The van der Waals surface area contributed by atoms with Gasteiger partial charge in [-0.25, -0.2) is 14.8 Å². The summed E-state index contributed by atoms with van der Waals surface area (Å²) in [6.07, 6.45) is 5.29. The van der Waals surface area contributed by atoms with Crippen LogP contribution in [-0.2, 0) is 4.74 Å². The number of esters is 1. The second kappa shape index (κ2) is 7.77. The molecule has 1 aromatic heterocycles. The van der Waals surface area contributed by atoms with Crippen LogP contribution in [0.5, 0.6) is 0 Å². The molecule has 0 bridgehead atoms. The van der Waals surface area contributed by atoms with Gasteiger partial charge in [0, 0.05) is 24.8 Å². The molecule has 3 rings (SSSR count). The highest BCUT2D eigenvalue weighted by Gasteiger charge is 2.13. The minimum atomic E-state index is -0.307. The van der Waals surface area contributed by atoms with E-state index >= 15 is 0 Å². The van der Waals surface area contributed by atoms with E-state index in [4.69, 9.17) is 4.74 Å². The Balaban J connectivity index is 1.68. The lowest BCUT2D eigenvalue weighted by molar-refractivity contribution is 0.0526. The highest BCUT2D eigenvalue weighted by atomic mass is 16.5. The number of carbonyl (C=O) groups is 1. The van der Waals surface area contributed by atoms with Crippen molar-refractivity contribution >= 4 is 23.3 Å². The minimum absolute atomic E-state index is 0.307. The lowest BCUT2D eigenvalue weighted by Gasteiger charge is -2.27. The van der Waals surface area contributed by atoms with Gasteiger partial charge in [0.15, 0.2) is 0 Å². The Morgan fingerprint density at radius 1 is 1.17 bits per heavy atom. The van der Waals surface area contributed by atoms with Crippen molar-refractivity contribution in [2.45, 2.75) is 26.2 Å². The van der Waals surface area contributed by atoms with Gasteiger partial charge in [0.05, 0.1) is 12.2 Å². The average molecular weight is 326 g/mol. The molecule has 1 aliphatic heterocycles. The van der Waals surface area contributed by atoms with E-state index in [-0.39, 0.29) is 5.97 Å². The molecule has 0 radical (unpaired) electrons. The van der Waals surface area contributed by atoms with E-state index in [2.05, 4.69) is 20.2 Å². The van der Waals surface area contributed by atoms with Gasteiger partial charge in [-0.1, -0.05) is 0 Å². The molecule has 2 heterocycles. The van der Waals surface area contributed by atoms with E-state index in [0.29, 0.717) is 12.2 Å². The summed E-state index contributed by atoms with van der Waals surface area (Å²) in [4.78, 5) is 22.6. The maximum Gasteiger partial charge on any atom is 0.338 e. The largest absolute Gasteiger partial charge is 0.462 e. The molecule has 1 N–H and O–H groups in total. The number of benzene rings is 1. The van der Waals surface area contributed by atoms with Gasteiger partial charge < -0.3 is 15.0 Å². The quantitative estimate of drug-likeness (QED) is 0.850. The molecule has 1 fully saturated rings. The van der Waals surface area contributed by atoms with Crippen molar-refractivity contribution in [3.05, 3.63) is 42.2 Å². The predicted octanol–water partition coefficient (Wildman–Crippen LogP) is 3.39. The number of nitrogens with zero attached hydrogens (tertiary/aromatic N) is 3. The summed E-state index contributed by atoms with van der Waals surface area (Å²) in [7, 11) is 0. The van der Waals surface area contributed by atoms with Crippen molar-refractivity contribution in [2.75, 3.05) is 29.9 Å². The molecule has 1 aliphatic rings. The van der Waals surface area contributed by atoms with Crippen LogP contribution in [0.2, 0.25) is 0 Å². The number of ether oxygens (including phenoxy) is 1. The Hall–Kier alpha value is -2.63. The first kappa shape index (κ1) is 16.2. The lowest BCUT2D eigenvalue weighted by Crippen LogP contribution is -2.30. The summed E-state index contributed by atoms with van der Waals surface area (Å²) in [6.45, 7) is 4.26. The summed E-state index contributed by atoms with van der Waals surface area (Å²) in [6, 6.07) is 9.13. The number of nitrogens with one attached hydrogen (secondary N) is 1. The molecule has 6 nitrogen and oxygen atoms in total. The zero-order valence-corrected chi connectivity index (χ0v) is 13.9. The van der Waals surface area contributed by atoms with Crippen LogP contribution < -0.4 is 10.2 Å². The van der Waals surface area contributed by atoms with Gasteiger partial charge in [0.2, 0.25) is 0 Å². The molecule has 126 valence electrons. The smallest absolute Gasteiger partial charge is 0.338 e. The van der Waals surface area contributed by atoms with Crippen LogP contribution in [0, 0.1) is 0 Å². The number of carbonyl (C=O) groups excluding carboxylic acids is 1. The molecule has 0 saturated carbocycles. The first-order valence-corrected chi connectivity index (χ1v) is 8.37. The summed E-state index contributed by atoms with van der Waals surface area (Å²) in [5.41, 5.74) is 1.41. The normalized spacial score (nSPS) is 14.3. The number of anilines is 3. The van der Waals surface area contributed by atoms with E-state index in [1.54, 1.807) is 25.4 Å². The van der Waals surface area contributed by atoms with Crippen LogP contribution in [-0.4, -0.2) is 35.6 Å². The fourth-order valence-electron chi connectivity index (χ4n) is 2.76. The summed E-state index contributed by atoms with van der Waals surface area (Å²) in [5.74, 6) is 1.39. The van der Waals surface area contributed by atoms with Crippen molar-refractivity contribution < 1.29 is 9.53 Å². The molecule has 0 unspecified atom stereocenters. The second-order valence-corrected chi connectivity index (χ2v) is 5.73. The minimum Gasteiger partial charge on any atom is -0.462 e. The molecule has 0 spiro atoms. The fraction of sp³-hybridized carbons (Fsp3) is 0.389. The summed E-state index contributed by atoms with van der Waals surface area (Å²) in [5, 5.41) is 3.25. The molecule has 0 amide bonds. The Kier molecular flexibility index (Phi) is 5.25. The van der Waals surface area contributed by atoms with Gasteiger partial charge in [-0.2, -0.15) is 0 Å². The zero-order chi connectivity index (χ0) is 16.8. The van der Waals surface area contributed by atoms with Crippen molar-refractivity contribution in [3.63, 3.8) is 0 Å². The molecule has 2 aromatic rings. The van der Waals surface area contributed by atoms with Crippen LogP contribution >= 0.6 is 0 Å². The van der Waals surface area contributed by atoms with E-state index in [1.165, 1.54) is 19.3 Å². The third kappa shape index (κ3) is 4.01. The third-order valence-electron chi connectivity index (χ3n) is 4.00. The number of aromatic nitrogens is 2. The van der Waals surface area contributed by atoms with Crippen molar-refractivity contribution in [1.29, 1.82) is 0 Å².